The van der Waals surface area contributed by atoms with Crippen LogP contribution >= 0.6 is 82.6 Å². The van der Waals surface area contributed by atoms with Crippen molar-refractivity contribution in [2.75, 3.05) is 38.8 Å². The van der Waals surface area contributed by atoms with Crippen LogP contribution in [0.2, 0.25) is 15.7 Å². The molecule has 30 heteroatoms. The van der Waals surface area contributed by atoms with Crippen LogP contribution in [0.25, 0.3) is 0 Å². The van der Waals surface area contributed by atoms with E-state index in [9.17, 15) is 44.7 Å². The maximum atomic E-state index is 13.8. The highest BCUT2D eigenvalue weighted by Gasteiger charge is 2.35. The Morgan fingerprint density at radius 2 is 1.15 bits per heavy atom. The predicted octanol–water partition coefficient (Wildman–Crippen LogP) is 15.0. The standard InChI is InChI=1S/C12H9BrClN3O2.C12H8BrF4N3O.C8H9NO2.C8H19N.C7H5F4N.C4HBrCl2N2/c1-15-10(18)7-4-2-3-5-9(7)19-11-8(13)6-16-12(14)17-11;1-21-10-7(13)5-18-11(20-10)19-8-4-2-3-6(9(8)14)12(15,16)17;1-9-8(11)6-4-2-3-5-7(6)10;1-6-9(7(2)3)8(4)5;8-6-4(7(9,10)11)2-1-3-5(6)12;5-2-1-8-4(7)9-3(2)6/h2-6H,1H3,(H,15,18);2-5H,1H3,(H,18,19,20);2-5,10H,1H3,(H,9,11);7-8H,6H2,1-5H3;1-3H,12H2;1H. The van der Waals surface area contributed by atoms with E-state index in [-0.39, 0.29) is 51.5 Å². The molecule has 2 amide bonds. The zero-order valence-electron chi connectivity index (χ0n) is 43.8. The number of phenols is 1. The molecule has 0 bridgehead atoms. The van der Waals surface area contributed by atoms with Gasteiger partial charge in [-0.25, -0.2) is 28.7 Å². The number of rotatable bonds is 10. The Kier molecular flexibility index (Phi) is 30.0. The van der Waals surface area contributed by atoms with Crippen molar-refractivity contribution in [1.82, 2.24) is 45.4 Å². The van der Waals surface area contributed by atoms with Crippen LogP contribution in [-0.2, 0) is 12.4 Å². The lowest BCUT2D eigenvalue weighted by molar-refractivity contribution is -0.140. The quantitative estimate of drug-likeness (QED) is 0.0373. The third-order valence-corrected chi connectivity index (χ3v) is 12.3. The maximum absolute atomic E-state index is 13.8. The maximum Gasteiger partial charge on any atom is 0.419 e. The van der Waals surface area contributed by atoms with E-state index in [1.54, 1.807) is 49.5 Å². The molecule has 0 aliphatic carbocycles. The first-order chi connectivity index (χ1) is 37.9. The van der Waals surface area contributed by atoms with Crippen LogP contribution in [0.1, 0.15) is 66.5 Å². The molecule has 81 heavy (non-hydrogen) atoms. The highest BCUT2D eigenvalue weighted by molar-refractivity contribution is 9.11. The van der Waals surface area contributed by atoms with E-state index in [2.05, 4.69) is 133 Å². The lowest BCUT2D eigenvalue weighted by Crippen LogP contribution is -2.36. The van der Waals surface area contributed by atoms with Crippen LogP contribution in [0.4, 0.5) is 52.4 Å². The summed E-state index contributed by atoms with van der Waals surface area (Å²) in [5.41, 5.74) is 2.08. The van der Waals surface area contributed by atoms with E-state index >= 15 is 0 Å². The van der Waals surface area contributed by atoms with Gasteiger partial charge < -0.3 is 36.3 Å². The van der Waals surface area contributed by atoms with Crippen molar-refractivity contribution >= 4 is 112 Å². The molecule has 0 aliphatic rings. The molecule has 0 fully saturated rings. The number of phenolic OH excluding ortho intramolecular Hbond substituents is 1. The SMILES string of the molecule is CCN(C(C)C)C(C)C.CNC(=O)c1ccccc1O.CNC(=O)c1ccccc1Oc1nc(Cl)ncc1Br.COc1nc(Nc2cccc(C(F)(F)F)c2F)ncc1Br.Clc1ncc(Br)c(Cl)n1.Nc1cccc(C(F)(F)F)c1F. The van der Waals surface area contributed by atoms with Gasteiger partial charge in [0.15, 0.2) is 11.6 Å². The Bertz CT molecular complexity index is 3150. The number of nitrogen functional groups attached to an aromatic ring is 1. The van der Waals surface area contributed by atoms with Crippen molar-refractivity contribution in [1.29, 1.82) is 0 Å². The van der Waals surface area contributed by atoms with Crippen LogP contribution in [0.5, 0.6) is 23.3 Å². The Morgan fingerprint density at radius 3 is 1.63 bits per heavy atom. The molecular formula is C51H51Br3Cl3F8N11O5. The number of para-hydroxylation sites is 2. The minimum atomic E-state index is -4.78. The summed E-state index contributed by atoms with van der Waals surface area (Å²) in [5, 5.41) is 17.1. The van der Waals surface area contributed by atoms with Crippen molar-refractivity contribution in [3.8, 4) is 23.3 Å². The second kappa shape index (κ2) is 34.3. The number of hydrogen-bond donors (Lipinski definition) is 5. The molecule has 7 rings (SSSR count). The Hall–Kier alpha value is -6.23. The molecule has 0 saturated carbocycles. The Morgan fingerprint density at radius 1 is 0.667 bits per heavy atom. The molecule has 7 aromatic rings. The minimum absolute atomic E-state index is 0.00634. The number of nitrogens with zero attached hydrogens (tertiary/aromatic N) is 7. The summed E-state index contributed by atoms with van der Waals surface area (Å²) < 4.78 is 112. The molecule has 3 heterocycles. The second-order valence-electron chi connectivity index (χ2n) is 15.9. The number of hydrogen-bond acceptors (Lipinski definition) is 14. The fourth-order valence-corrected chi connectivity index (χ4v) is 7.38. The van der Waals surface area contributed by atoms with Gasteiger partial charge in [0, 0.05) is 38.6 Å². The monoisotopic (exact) mass is 1390 g/mol. The summed E-state index contributed by atoms with van der Waals surface area (Å²) in [6.45, 7) is 12.3. The number of nitrogens with one attached hydrogen (secondary N) is 3. The molecule has 0 saturated heterocycles. The second-order valence-corrected chi connectivity index (χ2v) is 19.5. The molecule has 0 radical (unpaired) electrons. The smallest absolute Gasteiger partial charge is 0.419 e. The van der Waals surface area contributed by atoms with E-state index in [1.165, 1.54) is 38.8 Å². The average molecular weight is 1400 g/mol. The summed E-state index contributed by atoms with van der Waals surface area (Å²) in [6.07, 6.45) is -5.15. The number of methoxy groups -OCH3 is 1. The highest BCUT2D eigenvalue weighted by Crippen LogP contribution is 2.36. The number of carbonyl (C=O) groups is 2. The first-order valence-electron chi connectivity index (χ1n) is 23.0. The molecule has 0 atom stereocenters. The predicted molar refractivity (Wildman–Crippen MR) is 305 cm³/mol. The van der Waals surface area contributed by atoms with Gasteiger partial charge in [0.25, 0.3) is 11.8 Å². The van der Waals surface area contributed by atoms with Gasteiger partial charge in [-0.05, 0) is 154 Å². The van der Waals surface area contributed by atoms with Crippen molar-refractivity contribution < 1.29 is 59.3 Å². The number of nitrogens with two attached hydrogens (primary N) is 1. The molecule has 16 nitrogen and oxygen atoms in total. The molecule has 0 unspecified atom stereocenters. The fraction of sp³-hybridized carbons (Fsp3) is 0.255. The largest absolute Gasteiger partial charge is 0.507 e. The Balaban J connectivity index is 0.000000343. The highest BCUT2D eigenvalue weighted by atomic mass is 79.9. The van der Waals surface area contributed by atoms with Crippen molar-refractivity contribution in [2.45, 2.75) is 59.1 Å². The zero-order valence-corrected chi connectivity index (χ0v) is 50.8. The molecule has 3 aromatic heterocycles. The van der Waals surface area contributed by atoms with Crippen molar-refractivity contribution in [3.63, 3.8) is 0 Å². The first-order valence-corrected chi connectivity index (χ1v) is 26.5. The molecule has 0 spiro atoms. The van der Waals surface area contributed by atoms with Gasteiger partial charge in [0.2, 0.25) is 28.3 Å². The first kappa shape index (κ1) is 70.9. The van der Waals surface area contributed by atoms with Crippen LogP contribution < -0.4 is 31.2 Å². The zero-order chi connectivity index (χ0) is 61.4. The summed E-state index contributed by atoms with van der Waals surface area (Å²) in [5.74, 6) is -2.64. The normalized spacial score (nSPS) is 10.7. The van der Waals surface area contributed by atoms with Gasteiger partial charge >= 0.3 is 12.4 Å². The minimum Gasteiger partial charge on any atom is -0.507 e. The van der Waals surface area contributed by atoms with E-state index in [1.807, 2.05) is 0 Å². The molecule has 6 N–H and O–H groups in total. The van der Waals surface area contributed by atoms with Crippen LogP contribution in [0.3, 0.4) is 0 Å². The number of carbonyl (C=O) groups excluding carboxylic acids is 2. The van der Waals surface area contributed by atoms with Gasteiger partial charge in [0.1, 0.15) is 16.7 Å². The molecular weight excluding hydrogens is 1340 g/mol. The van der Waals surface area contributed by atoms with E-state index in [0.717, 1.165) is 30.8 Å². The topological polar surface area (TPSA) is 216 Å². The number of alkyl halides is 6. The number of amides is 2. The summed E-state index contributed by atoms with van der Waals surface area (Å²) in [6, 6.07) is 20.3. The number of benzene rings is 4. The fourth-order valence-electron chi connectivity index (χ4n) is 6.13. The molecule has 438 valence electrons. The van der Waals surface area contributed by atoms with Gasteiger partial charge in [0.05, 0.1) is 60.4 Å². The van der Waals surface area contributed by atoms with Gasteiger partial charge in [-0.3, -0.25) is 14.5 Å². The van der Waals surface area contributed by atoms with E-state index in [4.69, 9.17) is 55.1 Å². The van der Waals surface area contributed by atoms with Crippen molar-refractivity contribution in [2.24, 2.45) is 0 Å². The lowest BCUT2D eigenvalue weighted by Gasteiger charge is -2.28. The average Bonchev–Trinajstić information content (AvgIpc) is 3.41. The molecule has 0 aliphatic heterocycles. The van der Waals surface area contributed by atoms with Crippen molar-refractivity contribution in [3.05, 3.63) is 167 Å². The number of ether oxygens (including phenoxy) is 2. The van der Waals surface area contributed by atoms with Crippen LogP contribution in [-0.4, -0.2) is 91.6 Å². The van der Waals surface area contributed by atoms with E-state index in [0.29, 0.717) is 59.7 Å². The Labute approximate surface area is 501 Å². The van der Waals surface area contributed by atoms with E-state index < -0.39 is 40.8 Å². The summed E-state index contributed by atoms with van der Waals surface area (Å²) in [4.78, 5) is 47.9. The number of aromatic hydroxyl groups is 1. The van der Waals surface area contributed by atoms with Gasteiger partial charge in [-0.1, -0.05) is 54.9 Å². The number of aromatic nitrogens is 6. The third-order valence-electron chi connectivity index (χ3n) is 9.78. The number of halogens is 14. The van der Waals surface area contributed by atoms with Gasteiger partial charge in [-0.2, -0.15) is 36.3 Å². The van der Waals surface area contributed by atoms with Crippen LogP contribution in [0.15, 0.2) is 117 Å². The number of anilines is 3. The third kappa shape index (κ3) is 23.6. The van der Waals surface area contributed by atoms with Crippen LogP contribution in [0, 0.1) is 11.6 Å². The summed E-state index contributed by atoms with van der Waals surface area (Å²) >= 11 is 26.1. The van der Waals surface area contributed by atoms with Gasteiger partial charge in [-0.15, -0.1) is 0 Å². The lowest BCUT2D eigenvalue weighted by atomic mass is 10.2. The summed E-state index contributed by atoms with van der Waals surface area (Å²) in [7, 11) is 4.44. The molecule has 4 aromatic carbocycles.